The Kier molecular flexibility index (Phi) is 7.52. The number of halogens is 3. The molecule has 0 bridgehead atoms. The Balaban J connectivity index is 1.64. The summed E-state index contributed by atoms with van der Waals surface area (Å²) in [5.41, 5.74) is 0.0905. The van der Waals surface area contributed by atoms with Crippen molar-refractivity contribution in [3.63, 3.8) is 0 Å². The van der Waals surface area contributed by atoms with E-state index in [1.54, 1.807) is 7.05 Å². The number of nitrogens with one attached hydrogen (secondary N) is 2. The van der Waals surface area contributed by atoms with Gasteiger partial charge in [-0.2, -0.15) is 13.2 Å². The maximum absolute atomic E-state index is 12.5. The molecule has 1 fully saturated rings. The average molecular weight is 359 g/mol. The molecule has 25 heavy (non-hydrogen) atoms. The second-order valence-corrected chi connectivity index (χ2v) is 5.76. The van der Waals surface area contributed by atoms with Crippen molar-refractivity contribution in [1.82, 2.24) is 10.6 Å². The summed E-state index contributed by atoms with van der Waals surface area (Å²) in [6.45, 7) is 2.90. The summed E-state index contributed by atoms with van der Waals surface area (Å²) in [6, 6.07) is 5.06. The van der Waals surface area contributed by atoms with Gasteiger partial charge in [-0.1, -0.05) is 12.1 Å². The van der Waals surface area contributed by atoms with Gasteiger partial charge in [0.25, 0.3) is 0 Å². The van der Waals surface area contributed by atoms with Crippen LogP contribution in [0.1, 0.15) is 24.0 Å². The van der Waals surface area contributed by atoms with E-state index >= 15 is 0 Å². The molecule has 0 radical (unpaired) electrons. The highest BCUT2D eigenvalue weighted by Gasteiger charge is 2.29. The van der Waals surface area contributed by atoms with Crippen molar-refractivity contribution < 1.29 is 22.6 Å². The Labute approximate surface area is 145 Å². The molecule has 0 aliphatic carbocycles. The summed E-state index contributed by atoms with van der Waals surface area (Å²) in [5.74, 6) is 0.570. The highest BCUT2D eigenvalue weighted by Crippen LogP contribution is 2.29. The van der Waals surface area contributed by atoms with Gasteiger partial charge in [-0.15, -0.1) is 0 Å². The zero-order valence-corrected chi connectivity index (χ0v) is 14.2. The van der Waals surface area contributed by atoms with Crippen molar-refractivity contribution >= 4 is 5.96 Å². The predicted molar refractivity (Wildman–Crippen MR) is 89.4 cm³/mol. The van der Waals surface area contributed by atoms with Gasteiger partial charge in [0.2, 0.25) is 0 Å². The molecule has 5 nitrogen and oxygen atoms in total. The van der Waals surface area contributed by atoms with E-state index in [2.05, 4.69) is 15.6 Å². The van der Waals surface area contributed by atoms with Crippen molar-refractivity contribution in [3.05, 3.63) is 35.4 Å². The fourth-order valence-corrected chi connectivity index (χ4v) is 2.45. The number of ether oxygens (including phenoxy) is 2. The standard InChI is InChI=1S/C17H24F3N3O2/c1-21-16(22-8-10-24-12-15-3-2-9-25-15)23-11-13-4-6-14(7-5-13)17(18,19)20/h4-7,15H,2-3,8-12H2,1H3,(H2,21,22,23). The maximum atomic E-state index is 12.5. The molecule has 1 atom stereocenters. The number of hydrogen-bond acceptors (Lipinski definition) is 3. The number of hydrogen-bond donors (Lipinski definition) is 2. The lowest BCUT2D eigenvalue weighted by Crippen LogP contribution is -2.38. The second-order valence-electron chi connectivity index (χ2n) is 5.76. The van der Waals surface area contributed by atoms with E-state index < -0.39 is 11.7 Å². The van der Waals surface area contributed by atoms with Crippen molar-refractivity contribution in [2.24, 2.45) is 4.99 Å². The van der Waals surface area contributed by atoms with Crippen LogP contribution in [0.5, 0.6) is 0 Å². The molecule has 140 valence electrons. The summed E-state index contributed by atoms with van der Waals surface area (Å²) >= 11 is 0. The molecule has 1 heterocycles. The SMILES string of the molecule is CN=C(NCCOCC1CCCO1)NCc1ccc(C(F)(F)F)cc1. The highest BCUT2D eigenvalue weighted by atomic mass is 19.4. The van der Waals surface area contributed by atoms with Gasteiger partial charge in [-0.05, 0) is 30.5 Å². The molecule has 0 amide bonds. The Bertz CT molecular complexity index is 541. The lowest BCUT2D eigenvalue weighted by molar-refractivity contribution is -0.137. The average Bonchev–Trinajstić information content (AvgIpc) is 3.10. The zero-order valence-electron chi connectivity index (χ0n) is 14.2. The van der Waals surface area contributed by atoms with Crippen molar-refractivity contribution in [1.29, 1.82) is 0 Å². The fourth-order valence-electron chi connectivity index (χ4n) is 2.45. The summed E-state index contributed by atoms with van der Waals surface area (Å²) in [4.78, 5) is 4.07. The molecule has 0 aromatic heterocycles. The minimum atomic E-state index is -4.31. The van der Waals surface area contributed by atoms with Crippen LogP contribution in [0.25, 0.3) is 0 Å². The molecule has 1 aliphatic heterocycles. The summed E-state index contributed by atoms with van der Waals surface area (Å²) in [5, 5.41) is 6.15. The third-order valence-electron chi connectivity index (χ3n) is 3.83. The number of aliphatic imine (C=N–C) groups is 1. The van der Waals surface area contributed by atoms with Gasteiger partial charge >= 0.3 is 6.18 Å². The van der Waals surface area contributed by atoms with Crippen LogP contribution in [0.2, 0.25) is 0 Å². The number of nitrogens with zero attached hydrogens (tertiary/aromatic N) is 1. The van der Waals surface area contributed by atoms with E-state index in [0.29, 0.717) is 32.3 Å². The predicted octanol–water partition coefficient (Wildman–Crippen LogP) is 2.57. The first kappa shape index (κ1) is 19.5. The molecule has 2 N–H and O–H groups in total. The Morgan fingerprint density at radius 2 is 2.04 bits per heavy atom. The van der Waals surface area contributed by atoms with Crippen LogP contribution in [0.4, 0.5) is 13.2 Å². The molecule has 1 aromatic rings. The van der Waals surface area contributed by atoms with E-state index in [1.165, 1.54) is 12.1 Å². The number of alkyl halides is 3. The maximum Gasteiger partial charge on any atom is 0.416 e. The van der Waals surface area contributed by atoms with Gasteiger partial charge in [0.05, 0.1) is 24.9 Å². The molecule has 1 aliphatic rings. The highest BCUT2D eigenvalue weighted by molar-refractivity contribution is 5.79. The monoisotopic (exact) mass is 359 g/mol. The lowest BCUT2D eigenvalue weighted by atomic mass is 10.1. The van der Waals surface area contributed by atoms with Crippen LogP contribution in [-0.2, 0) is 22.2 Å². The van der Waals surface area contributed by atoms with Crippen molar-refractivity contribution in [2.75, 3.05) is 33.4 Å². The van der Waals surface area contributed by atoms with Gasteiger partial charge in [0.1, 0.15) is 0 Å². The quantitative estimate of drug-likeness (QED) is 0.446. The summed E-state index contributed by atoms with van der Waals surface area (Å²) in [6.07, 6.45) is -1.97. The van der Waals surface area contributed by atoms with Gasteiger partial charge in [-0.3, -0.25) is 4.99 Å². The lowest BCUT2D eigenvalue weighted by Gasteiger charge is -2.14. The molecule has 0 spiro atoms. The number of guanidine groups is 1. The molecule has 1 saturated heterocycles. The number of rotatable bonds is 7. The van der Waals surface area contributed by atoms with Crippen molar-refractivity contribution in [2.45, 2.75) is 31.7 Å². The first-order valence-corrected chi connectivity index (χ1v) is 8.29. The third-order valence-corrected chi connectivity index (χ3v) is 3.83. The molecular weight excluding hydrogens is 335 g/mol. The molecule has 1 aromatic carbocycles. The van der Waals surface area contributed by atoms with Crippen LogP contribution in [-0.4, -0.2) is 45.5 Å². The molecule has 0 saturated carbocycles. The van der Waals surface area contributed by atoms with Gasteiger partial charge in [0, 0.05) is 26.7 Å². The minimum Gasteiger partial charge on any atom is -0.377 e. The number of benzene rings is 1. The topological polar surface area (TPSA) is 54.9 Å². The van der Waals surface area contributed by atoms with E-state index in [1.807, 2.05) is 0 Å². The van der Waals surface area contributed by atoms with Crippen LogP contribution < -0.4 is 10.6 Å². The third kappa shape index (κ3) is 6.91. The fraction of sp³-hybridized carbons (Fsp3) is 0.588. The van der Waals surface area contributed by atoms with Gasteiger partial charge < -0.3 is 20.1 Å². The molecule has 1 unspecified atom stereocenters. The minimum absolute atomic E-state index is 0.206. The molecule has 8 heteroatoms. The van der Waals surface area contributed by atoms with Crippen LogP contribution in [0.3, 0.4) is 0 Å². The molecule has 2 rings (SSSR count). The van der Waals surface area contributed by atoms with Crippen molar-refractivity contribution in [3.8, 4) is 0 Å². The Morgan fingerprint density at radius 3 is 2.64 bits per heavy atom. The molecular formula is C17H24F3N3O2. The van der Waals surface area contributed by atoms with E-state index in [4.69, 9.17) is 9.47 Å². The Hall–Kier alpha value is -1.80. The largest absolute Gasteiger partial charge is 0.416 e. The summed E-state index contributed by atoms with van der Waals surface area (Å²) in [7, 11) is 1.63. The van der Waals surface area contributed by atoms with E-state index in [9.17, 15) is 13.2 Å². The summed E-state index contributed by atoms with van der Waals surface area (Å²) < 4.78 is 48.6. The normalized spacial score (nSPS) is 18.4. The van der Waals surface area contributed by atoms with Crippen LogP contribution >= 0.6 is 0 Å². The smallest absolute Gasteiger partial charge is 0.377 e. The second kappa shape index (κ2) is 9.62. The first-order chi connectivity index (χ1) is 12.0. The Morgan fingerprint density at radius 1 is 1.28 bits per heavy atom. The first-order valence-electron chi connectivity index (χ1n) is 8.29. The van der Waals surface area contributed by atoms with Crippen LogP contribution in [0, 0.1) is 0 Å². The van der Waals surface area contributed by atoms with Crippen LogP contribution in [0.15, 0.2) is 29.3 Å². The van der Waals surface area contributed by atoms with Gasteiger partial charge in [0.15, 0.2) is 5.96 Å². The van der Waals surface area contributed by atoms with E-state index in [0.717, 1.165) is 37.1 Å². The van der Waals surface area contributed by atoms with E-state index in [-0.39, 0.29) is 6.10 Å². The zero-order chi connectivity index (χ0) is 18.1. The van der Waals surface area contributed by atoms with Gasteiger partial charge in [-0.25, -0.2) is 0 Å².